The van der Waals surface area contributed by atoms with Crippen LogP contribution in [0.5, 0.6) is 5.75 Å². The van der Waals surface area contributed by atoms with Gasteiger partial charge in [-0.25, -0.2) is 0 Å². The highest BCUT2D eigenvalue weighted by molar-refractivity contribution is 6.70. The van der Waals surface area contributed by atoms with Gasteiger partial charge in [-0.15, -0.1) is 0 Å². The molecule has 0 radical (unpaired) electrons. The lowest BCUT2D eigenvalue weighted by Crippen LogP contribution is -2.65. The maximum atomic E-state index is 10.0. The Kier molecular flexibility index (Phi) is 9.93. The summed E-state index contributed by atoms with van der Waals surface area (Å²) in [5, 5.41) is 18.6. The fraction of sp³-hybridized carbons (Fsp3) is 0.684. The zero-order valence-corrected chi connectivity index (χ0v) is 17.9. The highest BCUT2D eigenvalue weighted by atomic mass is 28.4. The summed E-state index contributed by atoms with van der Waals surface area (Å²) in [4.78, 5) is 9.52. The van der Waals surface area contributed by atoms with Crippen molar-refractivity contribution in [2.45, 2.75) is 64.6 Å². The predicted octanol–water partition coefficient (Wildman–Crippen LogP) is 4.71. The van der Waals surface area contributed by atoms with Crippen molar-refractivity contribution in [1.29, 1.82) is 0 Å². The van der Waals surface area contributed by atoms with E-state index >= 15 is 0 Å². The van der Waals surface area contributed by atoms with Gasteiger partial charge in [0.15, 0.2) is 0 Å². The molecule has 2 rings (SSSR count). The summed E-state index contributed by atoms with van der Waals surface area (Å²) in [6.07, 6.45) is 4.57. The molecule has 0 aromatic heterocycles. The first-order chi connectivity index (χ1) is 12.9. The minimum Gasteiger partial charge on any atom is -0.508 e. The third-order valence-electron chi connectivity index (χ3n) is 4.84. The molecule has 1 aromatic rings. The van der Waals surface area contributed by atoms with Crippen LogP contribution in [-0.4, -0.2) is 43.6 Å². The topological polar surface area (TPSA) is 91.1 Å². The Morgan fingerprint density at radius 1 is 1.07 bits per heavy atom. The number of phenols is 1. The first kappa shape index (κ1) is 23.6. The van der Waals surface area contributed by atoms with Crippen LogP contribution in [-0.2, 0) is 13.6 Å². The van der Waals surface area contributed by atoms with Crippen molar-refractivity contribution in [3.63, 3.8) is 0 Å². The normalized spacial score (nSPS) is 21.2. The largest absolute Gasteiger partial charge is 0.508 e. The predicted molar refractivity (Wildman–Crippen MR) is 107 cm³/mol. The van der Waals surface area contributed by atoms with Crippen molar-refractivity contribution in [3.8, 4) is 5.75 Å². The molecule has 8 heteroatoms. The molecular weight excluding hydrogens is 366 g/mol. The molecule has 0 aliphatic carbocycles. The zero-order chi connectivity index (χ0) is 20.3. The van der Waals surface area contributed by atoms with Gasteiger partial charge < -0.3 is 18.7 Å². The molecule has 1 heterocycles. The van der Waals surface area contributed by atoms with E-state index < -0.39 is 13.5 Å². The fourth-order valence-electron chi connectivity index (χ4n) is 3.68. The number of nitro benzene ring substituents is 1. The summed E-state index contributed by atoms with van der Waals surface area (Å²) >= 11 is 0. The average molecular weight is 400 g/mol. The number of ether oxygens (including phenoxy) is 1. The lowest BCUT2D eigenvalue weighted by molar-refractivity contribution is -0.384. The number of nitro groups is 1. The number of nitrogens with zero attached hydrogens (tertiary/aromatic N) is 1. The van der Waals surface area contributed by atoms with Crippen molar-refractivity contribution in [2.24, 2.45) is 0 Å². The van der Waals surface area contributed by atoms with Crippen LogP contribution >= 0.6 is 0 Å². The van der Waals surface area contributed by atoms with E-state index in [1.54, 1.807) is 0 Å². The van der Waals surface area contributed by atoms with Crippen LogP contribution in [0, 0.1) is 10.1 Å². The van der Waals surface area contributed by atoms with Crippen molar-refractivity contribution in [2.75, 3.05) is 19.8 Å². The fourth-order valence-corrected chi connectivity index (χ4v) is 8.15. The van der Waals surface area contributed by atoms with Gasteiger partial charge in [0.2, 0.25) is 0 Å². The first-order valence-corrected chi connectivity index (χ1v) is 11.8. The molecule has 1 fully saturated rings. The monoisotopic (exact) mass is 399 g/mol. The van der Waals surface area contributed by atoms with Crippen LogP contribution in [0.1, 0.15) is 53.4 Å². The van der Waals surface area contributed by atoms with Crippen molar-refractivity contribution in [3.05, 3.63) is 34.4 Å². The van der Waals surface area contributed by atoms with Gasteiger partial charge in [0.25, 0.3) is 5.69 Å². The number of benzene rings is 1. The number of hydrogen-bond acceptors (Lipinski definition) is 6. The Morgan fingerprint density at radius 2 is 1.67 bits per heavy atom. The van der Waals surface area contributed by atoms with E-state index in [1.807, 2.05) is 0 Å². The summed E-state index contributed by atoms with van der Waals surface area (Å²) in [6, 6.07) is 6.13. The molecule has 1 unspecified atom stereocenters. The van der Waals surface area contributed by atoms with Crippen LogP contribution in [0.2, 0.25) is 6.04 Å². The van der Waals surface area contributed by atoms with E-state index in [-0.39, 0.29) is 16.7 Å². The lowest BCUT2D eigenvalue weighted by atomic mass is 10.1. The SMILES string of the molecule is CCOC1(CC)CCCC[Si]1(OCC)OCC.O=[N+]([O-])c1ccc(O)cc1. The zero-order valence-electron chi connectivity index (χ0n) is 16.9. The number of non-ortho nitro benzene ring substituents is 1. The van der Waals surface area contributed by atoms with Gasteiger partial charge in [-0.2, -0.15) is 0 Å². The van der Waals surface area contributed by atoms with E-state index in [9.17, 15) is 10.1 Å². The van der Waals surface area contributed by atoms with Gasteiger partial charge in [0, 0.05) is 32.0 Å². The van der Waals surface area contributed by atoms with Crippen LogP contribution in [0.25, 0.3) is 0 Å². The molecule has 154 valence electrons. The molecule has 0 saturated carbocycles. The van der Waals surface area contributed by atoms with Crippen molar-refractivity contribution >= 4 is 14.2 Å². The summed E-state index contributed by atoms with van der Waals surface area (Å²) < 4.78 is 18.5. The summed E-state index contributed by atoms with van der Waals surface area (Å²) in [6.45, 7) is 10.6. The van der Waals surface area contributed by atoms with Gasteiger partial charge in [0.1, 0.15) is 11.0 Å². The third kappa shape index (κ3) is 6.00. The van der Waals surface area contributed by atoms with E-state index in [4.69, 9.17) is 18.7 Å². The highest BCUT2D eigenvalue weighted by Crippen LogP contribution is 2.42. The molecule has 1 aliphatic rings. The molecule has 0 amide bonds. The standard InChI is InChI=1S/C13H28O3Si.C6H5NO3/c1-5-13(14-6-2)11-9-10-12-17(13,15-7-3)16-8-4;8-6-3-1-5(2-4-6)7(9)10/h5-12H2,1-4H3;1-4,8H. The van der Waals surface area contributed by atoms with Crippen LogP contribution < -0.4 is 0 Å². The van der Waals surface area contributed by atoms with Gasteiger partial charge in [-0.1, -0.05) is 19.8 Å². The minimum atomic E-state index is -2.21. The highest BCUT2D eigenvalue weighted by Gasteiger charge is 2.58. The maximum Gasteiger partial charge on any atom is 0.371 e. The number of phenolic OH excluding ortho intramolecular Hbond substituents is 1. The lowest BCUT2D eigenvalue weighted by Gasteiger charge is -2.49. The molecule has 1 N–H and O–H groups in total. The average Bonchev–Trinajstić information content (AvgIpc) is 2.65. The third-order valence-corrected chi connectivity index (χ3v) is 9.50. The van der Waals surface area contributed by atoms with E-state index in [2.05, 4.69) is 27.7 Å². The number of aromatic hydroxyl groups is 1. The Balaban J connectivity index is 0.000000309. The minimum absolute atomic E-state index is 0.0159. The molecule has 27 heavy (non-hydrogen) atoms. The Morgan fingerprint density at radius 3 is 2.11 bits per heavy atom. The molecule has 1 atom stereocenters. The van der Waals surface area contributed by atoms with Crippen molar-refractivity contribution in [1.82, 2.24) is 0 Å². The summed E-state index contributed by atoms with van der Waals surface area (Å²) in [7, 11) is -2.21. The smallest absolute Gasteiger partial charge is 0.371 e. The first-order valence-electron chi connectivity index (χ1n) is 9.75. The Labute approximate surface area is 163 Å². The Hall–Kier alpha value is -1.48. The number of hydrogen-bond donors (Lipinski definition) is 1. The maximum absolute atomic E-state index is 10.0. The summed E-state index contributed by atoms with van der Waals surface area (Å²) in [5.41, 5.74) is -0.0159. The van der Waals surface area contributed by atoms with Crippen molar-refractivity contribution < 1.29 is 23.6 Å². The van der Waals surface area contributed by atoms with Gasteiger partial charge in [0.05, 0.1) is 4.92 Å². The van der Waals surface area contributed by atoms with E-state index in [1.165, 1.54) is 37.1 Å². The van der Waals surface area contributed by atoms with Gasteiger partial charge >= 0.3 is 8.56 Å². The second-order valence-electron chi connectivity index (χ2n) is 6.38. The van der Waals surface area contributed by atoms with Crippen LogP contribution in [0.4, 0.5) is 5.69 Å². The molecule has 1 saturated heterocycles. The van der Waals surface area contributed by atoms with E-state index in [0.29, 0.717) is 0 Å². The quantitative estimate of drug-likeness (QED) is 0.387. The van der Waals surface area contributed by atoms with Crippen LogP contribution in [0.3, 0.4) is 0 Å². The second-order valence-corrected chi connectivity index (χ2v) is 9.87. The summed E-state index contributed by atoms with van der Waals surface area (Å²) in [5.74, 6) is 0.0330. The molecule has 1 aliphatic heterocycles. The molecule has 7 nitrogen and oxygen atoms in total. The molecule has 0 spiro atoms. The Bertz CT molecular complexity index is 552. The molecule has 0 bridgehead atoms. The van der Waals surface area contributed by atoms with Gasteiger partial charge in [-0.3, -0.25) is 10.1 Å². The molecule has 1 aromatic carbocycles. The second kappa shape index (κ2) is 11.4. The van der Waals surface area contributed by atoms with Crippen LogP contribution in [0.15, 0.2) is 24.3 Å². The number of rotatable bonds is 8. The molecular formula is C19H33NO6Si. The van der Waals surface area contributed by atoms with Gasteiger partial charge in [-0.05, 0) is 51.8 Å². The van der Waals surface area contributed by atoms with E-state index in [0.717, 1.165) is 38.7 Å².